The molecule has 1 aromatic rings. The number of carbonyl (C=O) groups excluding carboxylic acids is 1. The van der Waals surface area contributed by atoms with E-state index in [1.165, 1.54) is 0 Å². The molecule has 0 heterocycles. The van der Waals surface area contributed by atoms with Gasteiger partial charge in [-0.2, -0.15) is 0 Å². The van der Waals surface area contributed by atoms with Crippen LogP contribution >= 0.6 is 0 Å². The lowest BCUT2D eigenvalue weighted by molar-refractivity contribution is -0.0436. The van der Waals surface area contributed by atoms with Gasteiger partial charge in [0.25, 0.3) is 0 Å². The summed E-state index contributed by atoms with van der Waals surface area (Å²) < 4.78 is 11.1. The van der Waals surface area contributed by atoms with Crippen molar-refractivity contribution in [1.82, 2.24) is 0 Å². The van der Waals surface area contributed by atoms with Gasteiger partial charge in [-0.05, 0) is 53.2 Å². The highest BCUT2D eigenvalue weighted by atomic mass is 16.5. The highest BCUT2D eigenvalue weighted by Crippen LogP contribution is 2.14. The van der Waals surface area contributed by atoms with Gasteiger partial charge in [-0.25, -0.2) is 0 Å². The first-order valence-electron chi connectivity index (χ1n) is 7.08. The third-order valence-corrected chi connectivity index (χ3v) is 3.01. The maximum absolute atomic E-state index is 12.3. The van der Waals surface area contributed by atoms with Crippen molar-refractivity contribution in [2.75, 3.05) is 13.2 Å². The van der Waals surface area contributed by atoms with E-state index in [4.69, 9.17) is 9.47 Å². The molecule has 0 aliphatic rings. The standard InChI is InChI=1S/C17H26O3/c1-12-7-8-13(2)15(11-12)16(18)14(3)19-9-10-20-17(4,5)6/h7-8,11,14H,9-10H2,1-6H3. The minimum absolute atomic E-state index is 0.0296. The lowest BCUT2D eigenvalue weighted by Gasteiger charge is -2.20. The number of aryl methyl sites for hydroxylation is 2. The van der Waals surface area contributed by atoms with Crippen LogP contribution in [0, 0.1) is 13.8 Å². The minimum atomic E-state index is -0.445. The third kappa shape index (κ3) is 5.43. The molecule has 0 spiro atoms. The maximum atomic E-state index is 12.3. The number of carbonyl (C=O) groups is 1. The summed E-state index contributed by atoms with van der Waals surface area (Å²) in [5.74, 6) is 0.0296. The predicted octanol–water partition coefficient (Wildman–Crippen LogP) is 3.71. The van der Waals surface area contributed by atoms with Crippen molar-refractivity contribution in [3.05, 3.63) is 34.9 Å². The van der Waals surface area contributed by atoms with Gasteiger partial charge >= 0.3 is 0 Å². The van der Waals surface area contributed by atoms with Crippen LogP contribution in [0.15, 0.2) is 18.2 Å². The van der Waals surface area contributed by atoms with Crippen LogP contribution in [0.25, 0.3) is 0 Å². The van der Waals surface area contributed by atoms with Crippen LogP contribution < -0.4 is 0 Å². The largest absolute Gasteiger partial charge is 0.373 e. The number of ketones is 1. The van der Waals surface area contributed by atoms with Crippen molar-refractivity contribution >= 4 is 5.78 Å². The molecule has 1 atom stereocenters. The second-order valence-electron chi connectivity index (χ2n) is 6.16. The molecular formula is C17H26O3. The van der Waals surface area contributed by atoms with Gasteiger partial charge in [-0.3, -0.25) is 4.79 Å². The van der Waals surface area contributed by atoms with Crippen LogP contribution in [0.4, 0.5) is 0 Å². The summed E-state index contributed by atoms with van der Waals surface area (Å²) >= 11 is 0. The molecule has 112 valence electrons. The number of rotatable bonds is 6. The summed E-state index contributed by atoms with van der Waals surface area (Å²) in [4.78, 5) is 12.3. The Morgan fingerprint density at radius 2 is 1.85 bits per heavy atom. The molecule has 3 nitrogen and oxygen atoms in total. The van der Waals surface area contributed by atoms with E-state index in [-0.39, 0.29) is 11.4 Å². The predicted molar refractivity (Wildman–Crippen MR) is 81.4 cm³/mol. The molecule has 1 rings (SSSR count). The first-order valence-corrected chi connectivity index (χ1v) is 7.08. The first-order chi connectivity index (χ1) is 9.20. The molecule has 0 saturated carbocycles. The summed E-state index contributed by atoms with van der Waals surface area (Å²) in [6.45, 7) is 12.6. The monoisotopic (exact) mass is 278 g/mol. The molecule has 0 aliphatic heterocycles. The molecule has 0 fully saturated rings. The van der Waals surface area contributed by atoms with E-state index >= 15 is 0 Å². The van der Waals surface area contributed by atoms with Crippen molar-refractivity contribution in [3.63, 3.8) is 0 Å². The quantitative estimate of drug-likeness (QED) is 0.588. The fraction of sp³-hybridized carbons (Fsp3) is 0.588. The smallest absolute Gasteiger partial charge is 0.191 e. The van der Waals surface area contributed by atoms with Crippen molar-refractivity contribution in [3.8, 4) is 0 Å². The second-order valence-corrected chi connectivity index (χ2v) is 6.16. The molecule has 0 saturated heterocycles. The normalized spacial score (nSPS) is 13.3. The fourth-order valence-corrected chi connectivity index (χ4v) is 1.87. The van der Waals surface area contributed by atoms with Gasteiger partial charge in [0.05, 0.1) is 18.8 Å². The van der Waals surface area contributed by atoms with E-state index in [1.807, 2.05) is 52.8 Å². The number of benzene rings is 1. The van der Waals surface area contributed by atoms with Gasteiger partial charge in [-0.1, -0.05) is 17.7 Å². The van der Waals surface area contributed by atoms with Gasteiger partial charge in [0.15, 0.2) is 5.78 Å². The number of Topliss-reactive ketones (excluding diaryl/α,β-unsaturated/α-hetero) is 1. The van der Waals surface area contributed by atoms with Crippen LogP contribution in [0.1, 0.15) is 49.2 Å². The zero-order valence-corrected chi connectivity index (χ0v) is 13.4. The fourth-order valence-electron chi connectivity index (χ4n) is 1.87. The summed E-state index contributed by atoms with van der Waals surface area (Å²) in [7, 11) is 0. The summed E-state index contributed by atoms with van der Waals surface area (Å²) in [6.07, 6.45) is -0.445. The molecule has 0 amide bonds. The van der Waals surface area contributed by atoms with Crippen molar-refractivity contribution in [2.45, 2.75) is 53.2 Å². The third-order valence-electron chi connectivity index (χ3n) is 3.01. The molecule has 1 unspecified atom stereocenters. The Labute approximate surface area is 122 Å². The van der Waals surface area contributed by atoms with Gasteiger partial charge < -0.3 is 9.47 Å². The molecule has 0 aromatic heterocycles. The van der Waals surface area contributed by atoms with E-state index in [1.54, 1.807) is 6.92 Å². The highest BCUT2D eigenvalue weighted by Gasteiger charge is 2.18. The van der Waals surface area contributed by atoms with Crippen LogP contribution in [-0.2, 0) is 9.47 Å². The summed E-state index contributed by atoms with van der Waals surface area (Å²) in [5.41, 5.74) is 2.64. The topological polar surface area (TPSA) is 35.5 Å². The Morgan fingerprint density at radius 3 is 2.45 bits per heavy atom. The Balaban J connectivity index is 2.53. The van der Waals surface area contributed by atoms with Crippen molar-refractivity contribution in [2.24, 2.45) is 0 Å². The van der Waals surface area contributed by atoms with Gasteiger partial charge in [0.2, 0.25) is 0 Å². The molecule has 20 heavy (non-hydrogen) atoms. The molecule has 1 aromatic carbocycles. The van der Waals surface area contributed by atoms with Crippen molar-refractivity contribution in [1.29, 1.82) is 0 Å². The van der Waals surface area contributed by atoms with Crippen molar-refractivity contribution < 1.29 is 14.3 Å². The van der Waals surface area contributed by atoms with Gasteiger partial charge in [-0.15, -0.1) is 0 Å². The second kappa shape index (κ2) is 7.00. The molecule has 0 N–H and O–H groups in total. The van der Waals surface area contributed by atoms with E-state index in [0.717, 1.165) is 16.7 Å². The lowest BCUT2D eigenvalue weighted by Crippen LogP contribution is -2.26. The summed E-state index contributed by atoms with van der Waals surface area (Å²) in [6, 6.07) is 5.90. The average Bonchev–Trinajstić information content (AvgIpc) is 2.35. The Kier molecular flexibility index (Phi) is 5.90. The van der Waals surface area contributed by atoms with E-state index < -0.39 is 6.10 Å². The zero-order valence-electron chi connectivity index (χ0n) is 13.4. The molecule has 0 radical (unpaired) electrons. The van der Waals surface area contributed by atoms with Crippen LogP contribution in [0.5, 0.6) is 0 Å². The minimum Gasteiger partial charge on any atom is -0.373 e. The SMILES string of the molecule is Cc1ccc(C)c(C(=O)C(C)OCCOC(C)(C)C)c1. The molecule has 3 heteroatoms. The first kappa shape index (κ1) is 16.9. The number of hydrogen-bond acceptors (Lipinski definition) is 3. The number of ether oxygens (including phenoxy) is 2. The van der Waals surface area contributed by atoms with Crippen LogP contribution in [0.2, 0.25) is 0 Å². The molecule has 0 aliphatic carbocycles. The molecule has 0 bridgehead atoms. The summed E-state index contributed by atoms with van der Waals surface area (Å²) in [5, 5.41) is 0. The maximum Gasteiger partial charge on any atom is 0.191 e. The van der Waals surface area contributed by atoms with E-state index in [9.17, 15) is 4.79 Å². The molecular weight excluding hydrogens is 252 g/mol. The van der Waals surface area contributed by atoms with E-state index in [0.29, 0.717) is 13.2 Å². The zero-order chi connectivity index (χ0) is 15.3. The Bertz CT molecular complexity index is 458. The van der Waals surface area contributed by atoms with E-state index in [2.05, 4.69) is 0 Å². The Hall–Kier alpha value is -1.19. The Morgan fingerprint density at radius 1 is 1.20 bits per heavy atom. The highest BCUT2D eigenvalue weighted by molar-refractivity contribution is 6.00. The average molecular weight is 278 g/mol. The van der Waals surface area contributed by atoms with Gasteiger partial charge in [0, 0.05) is 5.56 Å². The van der Waals surface area contributed by atoms with Crippen LogP contribution in [-0.4, -0.2) is 30.7 Å². The lowest BCUT2D eigenvalue weighted by atomic mass is 9.99. The van der Waals surface area contributed by atoms with Gasteiger partial charge in [0.1, 0.15) is 6.10 Å². The number of hydrogen-bond donors (Lipinski definition) is 0. The van der Waals surface area contributed by atoms with Crippen LogP contribution in [0.3, 0.4) is 0 Å².